The number of rotatable bonds is 3. The van der Waals surface area contributed by atoms with Crippen molar-refractivity contribution in [2.24, 2.45) is 11.8 Å². The van der Waals surface area contributed by atoms with Gasteiger partial charge in [-0.1, -0.05) is 6.92 Å². The number of hydrogen-bond acceptors (Lipinski definition) is 4. The Bertz CT molecular complexity index is 307. The number of likely N-dealkylation sites (tertiary alicyclic amines) is 1. The molecule has 3 atom stereocenters. The summed E-state index contributed by atoms with van der Waals surface area (Å²) in [7, 11) is 0. The number of alkyl carbamates (subject to hydrolysis) is 1. The Kier molecular flexibility index (Phi) is 3.00. The van der Waals surface area contributed by atoms with Crippen LogP contribution in [0.4, 0.5) is 4.79 Å². The van der Waals surface area contributed by atoms with Crippen LogP contribution in [0.2, 0.25) is 0 Å². The van der Waals surface area contributed by atoms with Crippen molar-refractivity contribution in [1.82, 2.24) is 10.2 Å². The number of nitrogens with one attached hydrogen (secondary N) is 1. The summed E-state index contributed by atoms with van der Waals surface area (Å²) >= 11 is 0. The fourth-order valence-electron chi connectivity index (χ4n) is 2.36. The summed E-state index contributed by atoms with van der Waals surface area (Å²) < 4.78 is 5.02. The number of aliphatic carboxylic acids is 1. The summed E-state index contributed by atoms with van der Waals surface area (Å²) in [6, 6.07) is 0. The smallest absolute Gasteiger partial charge is 0.407 e. The average Bonchev–Trinajstić information content (AvgIpc) is 2.73. The fraction of sp³-hybridized carbons (Fsp3) is 0.800. The van der Waals surface area contributed by atoms with Crippen molar-refractivity contribution in [3.05, 3.63) is 0 Å². The molecule has 2 aliphatic rings. The van der Waals surface area contributed by atoms with Crippen LogP contribution in [0.3, 0.4) is 0 Å². The number of nitrogens with zero attached hydrogens (tertiary/aromatic N) is 1. The molecule has 6 heteroatoms. The zero-order chi connectivity index (χ0) is 11.7. The molecule has 2 fully saturated rings. The molecule has 0 saturated carbocycles. The molecule has 1 amide bonds. The molecule has 16 heavy (non-hydrogen) atoms. The van der Waals surface area contributed by atoms with E-state index in [1.165, 1.54) is 0 Å². The molecule has 2 saturated heterocycles. The topological polar surface area (TPSA) is 78.9 Å². The summed E-state index contributed by atoms with van der Waals surface area (Å²) in [5.41, 5.74) is 0. The SMILES string of the molecule is C[C@@H]1CN(CC2CNC(=O)O2)C[C@H]1C(=O)O. The number of carbonyl (C=O) groups is 2. The minimum absolute atomic E-state index is 0.146. The first kappa shape index (κ1) is 11.2. The Hall–Kier alpha value is -1.30. The van der Waals surface area contributed by atoms with E-state index in [1.54, 1.807) is 0 Å². The summed E-state index contributed by atoms with van der Waals surface area (Å²) in [6.45, 7) is 4.38. The molecule has 0 radical (unpaired) electrons. The molecule has 2 N–H and O–H groups in total. The second kappa shape index (κ2) is 4.29. The van der Waals surface area contributed by atoms with Crippen LogP contribution in [-0.4, -0.2) is 54.4 Å². The van der Waals surface area contributed by atoms with E-state index >= 15 is 0 Å². The van der Waals surface area contributed by atoms with Gasteiger partial charge in [0.2, 0.25) is 0 Å². The molecule has 2 rings (SSSR count). The second-order valence-electron chi connectivity index (χ2n) is 4.55. The van der Waals surface area contributed by atoms with Crippen LogP contribution in [-0.2, 0) is 9.53 Å². The van der Waals surface area contributed by atoms with Crippen molar-refractivity contribution in [1.29, 1.82) is 0 Å². The minimum atomic E-state index is -0.739. The maximum atomic E-state index is 10.9. The van der Waals surface area contributed by atoms with Gasteiger partial charge in [0.1, 0.15) is 6.10 Å². The molecule has 0 aromatic carbocycles. The minimum Gasteiger partial charge on any atom is -0.481 e. The summed E-state index contributed by atoms with van der Waals surface area (Å²) in [5.74, 6) is -0.885. The van der Waals surface area contributed by atoms with Crippen molar-refractivity contribution < 1.29 is 19.4 Å². The van der Waals surface area contributed by atoms with Crippen molar-refractivity contribution in [2.75, 3.05) is 26.2 Å². The number of amides is 1. The Morgan fingerprint density at radius 2 is 2.38 bits per heavy atom. The Morgan fingerprint density at radius 1 is 1.62 bits per heavy atom. The van der Waals surface area contributed by atoms with Crippen molar-refractivity contribution >= 4 is 12.1 Å². The lowest BCUT2D eigenvalue weighted by atomic mass is 9.99. The highest BCUT2D eigenvalue weighted by Crippen LogP contribution is 2.23. The van der Waals surface area contributed by atoms with Crippen molar-refractivity contribution in [3.8, 4) is 0 Å². The first-order valence-electron chi connectivity index (χ1n) is 5.46. The van der Waals surface area contributed by atoms with Crippen LogP contribution < -0.4 is 5.32 Å². The van der Waals surface area contributed by atoms with E-state index < -0.39 is 5.97 Å². The van der Waals surface area contributed by atoms with Gasteiger partial charge in [-0.2, -0.15) is 0 Å². The van der Waals surface area contributed by atoms with Crippen LogP contribution >= 0.6 is 0 Å². The van der Waals surface area contributed by atoms with E-state index in [9.17, 15) is 9.59 Å². The van der Waals surface area contributed by atoms with Crippen molar-refractivity contribution in [2.45, 2.75) is 13.0 Å². The van der Waals surface area contributed by atoms with E-state index in [2.05, 4.69) is 10.2 Å². The van der Waals surface area contributed by atoms with E-state index in [0.717, 1.165) is 6.54 Å². The van der Waals surface area contributed by atoms with Gasteiger partial charge in [0.05, 0.1) is 12.5 Å². The van der Waals surface area contributed by atoms with Gasteiger partial charge in [-0.05, 0) is 5.92 Å². The largest absolute Gasteiger partial charge is 0.481 e. The molecule has 0 aliphatic carbocycles. The fourth-order valence-corrected chi connectivity index (χ4v) is 2.36. The zero-order valence-corrected chi connectivity index (χ0v) is 9.18. The molecule has 6 nitrogen and oxygen atoms in total. The number of cyclic esters (lactones) is 1. The van der Waals surface area contributed by atoms with E-state index in [1.807, 2.05) is 6.92 Å². The van der Waals surface area contributed by atoms with Gasteiger partial charge >= 0.3 is 12.1 Å². The predicted molar refractivity (Wildman–Crippen MR) is 55.0 cm³/mol. The van der Waals surface area contributed by atoms with Crippen LogP contribution in [0, 0.1) is 11.8 Å². The van der Waals surface area contributed by atoms with Gasteiger partial charge < -0.3 is 15.2 Å². The second-order valence-corrected chi connectivity index (χ2v) is 4.55. The lowest BCUT2D eigenvalue weighted by Gasteiger charge is -2.18. The summed E-state index contributed by atoms with van der Waals surface area (Å²) in [4.78, 5) is 23.8. The molecule has 0 aromatic heterocycles. The molecular weight excluding hydrogens is 212 g/mol. The maximum absolute atomic E-state index is 10.9. The van der Waals surface area contributed by atoms with E-state index in [-0.39, 0.29) is 24.0 Å². The zero-order valence-electron chi connectivity index (χ0n) is 9.18. The number of carbonyl (C=O) groups excluding carboxylic acids is 1. The highest BCUT2D eigenvalue weighted by Gasteiger charge is 2.36. The molecule has 90 valence electrons. The summed E-state index contributed by atoms with van der Waals surface area (Å²) in [5, 5.41) is 11.6. The van der Waals surface area contributed by atoms with Crippen LogP contribution in [0.5, 0.6) is 0 Å². The third kappa shape index (κ3) is 2.27. The van der Waals surface area contributed by atoms with Gasteiger partial charge in [-0.15, -0.1) is 0 Å². The number of hydrogen-bond donors (Lipinski definition) is 2. The third-order valence-electron chi connectivity index (χ3n) is 3.21. The van der Waals surface area contributed by atoms with E-state index in [0.29, 0.717) is 19.6 Å². The average molecular weight is 228 g/mol. The molecule has 2 heterocycles. The molecule has 0 bridgehead atoms. The highest BCUT2D eigenvalue weighted by molar-refractivity contribution is 5.71. The molecule has 2 aliphatic heterocycles. The van der Waals surface area contributed by atoms with E-state index in [4.69, 9.17) is 9.84 Å². The Morgan fingerprint density at radius 3 is 2.88 bits per heavy atom. The number of carboxylic acids is 1. The molecular formula is C10H16N2O4. The Labute approximate surface area is 93.6 Å². The van der Waals surface area contributed by atoms with Gasteiger partial charge in [0.25, 0.3) is 0 Å². The van der Waals surface area contributed by atoms with Crippen LogP contribution in [0.1, 0.15) is 6.92 Å². The first-order valence-corrected chi connectivity index (χ1v) is 5.46. The quantitative estimate of drug-likeness (QED) is 0.696. The van der Waals surface area contributed by atoms with Gasteiger partial charge in [0, 0.05) is 19.6 Å². The van der Waals surface area contributed by atoms with Gasteiger partial charge in [-0.3, -0.25) is 9.69 Å². The summed E-state index contributed by atoms with van der Waals surface area (Å²) in [6.07, 6.45) is -0.528. The van der Waals surface area contributed by atoms with Gasteiger partial charge in [0.15, 0.2) is 0 Å². The molecule has 1 unspecified atom stereocenters. The van der Waals surface area contributed by atoms with Gasteiger partial charge in [-0.25, -0.2) is 4.79 Å². The highest BCUT2D eigenvalue weighted by atomic mass is 16.6. The number of carboxylic acid groups (broad SMARTS) is 1. The van der Waals surface area contributed by atoms with Crippen molar-refractivity contribution in [3.63, 3.8) is 0 Å². The number of ether oxygens (including phenoxy) is 1. The first-order chi connectivity index (χ1) is 7.56. The molecule has 0 aromatic rings. The Balaban J connectivity index is 1.84. The third-order valence-corrected chi connectivity index (χ3v) is 3.21. The normalized spacial score (nSPS) is 34.8. The predicted octanol–water partition coefficient (Wildman–Crippen LogP) is -0.253. The molecule has 0 spiro atoms. The lowest BCUT2D eigenvalue weighted by Crippen LogP contribution is -2.33. The lowest BCUT2D eigenvalue weighted by molar-refractivity contribution is -0.142. The van der Waals surface area contributed by atoms with Crippen LogP contribution in [0.15, 0.2) is 0 Å². The van der Waals surface area contributed by atoms with Crippen LogP contribution in [0.25, 0.3) is 0 Å². The standard InChI is InChI=1S/C10H16N2O4/c1-6-3-12(5-8(6)9(13)14)4-7-2-11-10(15)16-7/h6-8H,2-5H2,1H3,(H,11,15)(H,13,14)/t6-,7?,8-/m1/s1. The monoisotopic (exact) mass is 228 g/mol. The maximum Gasteiger partial charge on any atom is 0.407 e.